The second kappa shape index (κ2) is 6.64. The van der Waals surface area contributed by atoms with Crippen LogP contribution in [0.1, 0.15) is 39.3 Å². The Labute approximate surface area is 153 Å². The molecule has 26 heavy (non-hydrogen) atoms. The molecule has 0 unspecified atom stereocenters. The SMILES string of the molecule is Cc1cc(C(=O)N/N=C2\CCc3ccccc32)c(C)n1-c1ccccc1. The topological polar surface area (TPSA) is 46.4 Å². The van der Waals surface area contributed by atoms with Gasteiger partial charge in [-0.1, -0.05) is 42.5 Å². The number of amides is 1. The Hall–Kier alpha value is -3.14. The molecule has 4 rings (SSSR count). The maximum atomic E-state index is 12.7. The van der Waals surface area contributed by atoms with E-state index in [-0.39, 0.29) is 5.91 Å². The molecule has 3 aromatic rings. The van der Waals surface area contributed by atoms with Crippen LogP contribution in [0, 0.1) is 13.8 Å². The number of fused-ring (bicyclic) bond motifs is 1. The van der Waals surface area contributed by atoms with Crippen molar-refractivity contribution in [3.63, 3.8) is 0 Å². The van der Waals surface area contributed by atoms with Gasteiger partial charge in [0.1, 0.15) is 0 Å². The van der Waals surface area contributed by atoms with Gasteiger partial charge in [-0.2, -0.15) is 5.10 Å². The van der Waals surface area contributed by atoms with E-state index in [0.29, 0.717) is 5.56 Å². The Balaban J connectivity index is 1.60. The normalized spacial score (nSPS) is 14.5. The van der Waals surface area contributed by atoms with E-state index < -0.39 is 0 Å². The van der Waals surface area contributed by atoms with Crippen LogP contribution in [0.25, 0.3) is 5.69 Å². The summed E-state index contributed by atoms with van der Waals surface area (Å²) in [6.07, 6.45) is 1.84. The fourth-order valence-electron chi connectivity index (χ4n) is 3.67. The lowest BCUT2D eigenvalue weighted by Gasteiger charge is -2.09. The molecule has 130 valence electrons. The molecule has 0 saturated carbocycles. The lowest BCUT2D eigenvalue weighted by molar-refractivity contribution is 0.0954. The molecule has 0 fully saturated rings. The lowest BCUT2D eigenvalue weighted by atomic mass is 10.1. The van der Waals surface area contributed by atoms with Crippen LogP contribution in [0.4, 0.5) is 0 Å². The van der Waals surface area contributed by atoms with Gasteiger partial charge in [-0.05, 0) is 50.5 Å². The van der Waals surface area contributed by atoms with Crippen LogP contribution < -0.4 is 5.43 Å². The number of hydrogen-bond acceptors (Lipinski definition) is 2. The number of rotatable bonds is 3. The van der Waals surface area contributed by atoms with Crippen LogP contribution in [-0.4, -0.2) is 16.2 Å². The molecular weight excluding hydrogens is 322 g/mol. The molecule has 0 bridgehead atoms. The quantitative estimate of drug-likeness (QED) is 0.713. The van der Waals surface area contributed by atoms with Crippen molar-refractivity contribution in [2.24, 2.45) is 5.10 Å². The Morgan fingerprint density at radius 1 is 1.00 bits per heavy atom. The third-order valence-corrected chi connectivity index (χ3v) is 4.94. The molecule has 0 atom stereocenters. The first kappa shape index (κ1) is 16.3. The van der Waals surface area contributed by atoms with E-state index in [9.17, 15) is 4.79 Å². The summed E-state index contributed by atoms with van der Waals surface area (Å²) < 4.78 is 2.09. The molecule has 4 heteroatoms. The number of aromatic nitrogens is 1. The monoisotopic (exact) mass is 343 g/mol. The summed E-state index contributed by atoms with van der Waals surface area (Å²) in [5.41, 5.74) is 9.78. The zero-order chi connectivity index (χ0) is 18.1. The third kappa shape index (κ3) is 2.84. The second-order valence-corrected chi connectivity index (χ2v) is 6.61. The van der Waals surface area contributed by atoms with Crippen LogP contribution >= 0.6 is 0 Å². The Morgan fingerprint density at radius 3 is 2.54 bits per heavy atom. The fraction of sp³-hybridized carbons (Fsp3) is 0.182. The predicted octanol–water partition coefficient (Wildman–Crippen LogP) is 4.17. The van der Waals surface area contributed by atoms with Crippen LogP contribution in [0.5, 0.6) is 0 Å². The Kier molecular flexibility index (Phi) is 4.17. The highest BCUT2D eigenvalue weighted by molar-refractivity contribution is 6.05. The van der Waals surface area contributed by atoms with Gasteiger partial charge in [0.15, 0.2) is 0 Å². The third-order valence-electron chi connectivity index (χ3n) is 4.94. The average Bonchev–Trinajstić information content (AvgIpc) is 3.21. The average molecular weight is 343 g/mol. The molecule has 1 amide bonds. The van der Waals surface area contributed by atoms with Crippen LogP contribution in [0.15, 0.2) is 65.8 Å². The van der Waals surface area contributed by atoms with Gasteiger partial charge < -0.3 is 4.57 Å². The highest BCUT2D eigenvalue weighted by Gasteiger charge is 2.19. The van der Waals surface area contributed by atoms with E-state index in [2.05, 4.69) is 27.2 Å². The van der Waals surface area contributed by atoms with Crippen LogP contribution in [0.3, 0.4) is 0 Å². The Morgan fingerprint density at radius 2 is 1.73 bits per heavy atom. The van der Waals surface area contributed by atoms with Crippen LogP contribution in [-0.2, 0) is 6.42 Å². The molecule has 4 nitrogen and oxygen atoms in total. The summed E-state index contributed by atoms with van der Waals surface area (Å²) in [4.78, 5) is 12.7. The van der Waals surface area contributed by atoms with Gasteiger partial charge in [-0.3, -0.25) is 4.79 Å². The van der Waals surface area contributed by atoms with Crippen molar-refractivity contribution in [1.29, 1.82) is 0 Å². The summed E-state index contributed by atoms with van der Waals surface area (Å²) >= 11 is 0. The van der Waals surface area contributed by atoms with Crippen LogP contribution in [0.2, 0.25) is 0 Å². The summed E-state index contributed by atoms with van der Waals surface area (Å²) in [5, 5.41) is 4.40. The minimum Gasteiger partial charge on any atom is -0.318 e. The van der Waals surface area contributed by atoms with Gasteiger partial charge in [-0.15, -0.1) is 0 Å². The maximum absolute atomic E-state index is 12.7. The van der Waals surface area contributed by atoms with Crippen molar-refractivity contribution in [2.75, 3.05) is 0 Å². The standard InChI is InChI=1S/C22H21N3O/c1-15-14-20(16(2)25(15)18-9-4-3-5-10-18)22(26)24-23-21-13-12-17-8-6-7-11-19(17)21/h3-11,14H,12-13H2,1-2H3,(H,24,26)/b23-21+. The summed E-state index contributed by atoms with van der Waals surface area (Å²) in [6.45, 7) is 3.98. The number of carbonyl (C=O) groups is 1. The first-order valence-corrected chi connectivity index (χ1v) is 8.84. The van der Waals surface area contributed by atoms with E-state index in [1.54, 1.807) is 0 Å². The number of para-hydroxylation sites is 1. The number of hydrazone groups is 1. The summed E-state index contributed by atoms with van der Waals surface area (Å²) in [6, 6.07) is 20.2. The Bertz CT molecular complexity index is 999. The molecule has 1 aliphatic rings. The zero-order valence-electron chi connectivity index (χ0n) is 15.0. The summed E-state index contributed by atoms with van der Waals surface area (Å²) in [5.74, 6) is -0.169. The van der Waals surface area contributed by atoms with Gasteiger partial charge in [0.05, 0.1) is 11.3 Å². The van der Waals surface area contributed by atoms with Crippen molar-refractivity contribution >= 4 is 11.6 Å². The fourth-order valence-corrected chi connectivity index (χ4v) is 3.67. The minimum atomic E-state index is -0.169. The largest absolute Gasteiger partial charge is 0.318 e. The van der Waals surface area contributed by atoms with Crippen molar-refractivity contribution in [2.45, 2.75) is 26.7 Å². The predicted molar refractivity (Wildman–Crippen MR) is 104 cm³/mol. The van der Waals surface area contributed by atoms with Gasteiger partial charge in [0.2, 0.25) is 0 Å². The number of carbonyl (C=O) groups excluding carboxylic acids is 1. The minimum absolute atomic E-state index is 0.169. The smallest absolute Gasteiger partial charge is 0.273 e. The van der Waals surface area contributed by atoms with Crippen molar-refractivity contribution in [3.05, 3.63) is 88.7 Å². The van der Waals surface area contributed by atoms with Crippen molar-refractivity contribution in [1.82, 2.24) is 9.99 Å². The maximum Gasteiger partial charge on any atom is 0.273 e. The zero-order valence-corrected chi connectivity index (χ0v) is 15.0. The van der Waals surface area contributed by atoms with Gasteiger partial charge >= 0.3 is 0 Å². The molecule has 0 spiro atoms. The molecular formula is C22H21N3O. The van der Waals surface area contributed by atoms with E-state index in [1.807, 2.05) is 62.4 Å². The molecule has 2 aromatic carbocycles. The second-order valence-electron chi connectivity index (χ2n) is 6.61. The number of nitrogens with zero attached hydrogens (tertiary/aromatic N) is 2. The highest BCUT2D eigenvalue weighted by atomic mass is 16.2. The molecule has 0 saturated heterocycles. The number of benzene rings is 2. The van der Waals surface area contributed by atoms with E-state index in [4.69, 9.17) is 0 Å². The lowest BCUT2D eigenvalue weighted by Crippen LogP contribution is -2.20. The molecule has 1 aromatic heterocycles. The van der Waals surface area contributed by atoms with Gasteiger partial charge in [0, 0.05) is 22.6 Å². The number of nitrogens with one attached hydrogen (secondary N) is 1. The summed E-state index contributed by atoms with van der Waals surface area (Å²) in [7, 11) is 0. The first-order chi connectivity index (χ1) is 12.6. The number of hydrogen-bond donors (Lipinski definition) is 1. The first-order valence-electron chi connectivity index (χ1n) is 8.84. The highest BCUT2D eigenvalue weighted by Crippen LogP contribution is 2.23. The van der Waals surface area contributed by atoms with Crippen molar-refractivity contribution < 1.29 is 4.79 Å². The van der Waals surface area contributed by atoms with E-state index in [1.165, 1.54) is 5.56 Å². The molecule has 1 N–H and O–H groups in total. The van der Waals surface area contributed by atoms with Gasteiger partial charge in [-0.25, -0.2) is 5.43 Å². The van der Waals surface area contributed by atoms with E-state index in [0.717, 1.165) is 41.2 Å². The molecule has 0 aliphatic heterocycles. The molecule has 0 radical (unpaired) electrons. The van der Waals surface area contributed by atoms with E-state index >= 15 is 0 Å². The van der Waals surface area contributed by atoms with Crippen molar-refractivity contribution in [3.8, 4) is 5.69 Å². The number of aryl methyl sites for hydroxylation is 2. The molecule has 1 heterocycles. The van der Waals surface area contributed by atoms with Gasteiger partial charge in [0.25, 0.3) is 5.91 Å². The molecule has 1 aliphatic carbocycles.